The van der Waals surface area contributed by atoms with Gasteiger partial charge in [0.1, 0.15) is 17.3 Å². The zero-order valence-corrected chi connectivity index (χ0v) is 10.6. The second-order valence-corrected chi connectivity index (χ2v) is 4.58. The predicted molar refractivity (Wildman–Crippen MR) is 62.9 cm³/mol. The number of ether oxygens (including phenoxy) is 1. The number of nitrogens with zero attached hydrogens (tertiary/aromatic N) is 4. The first-order chi connectivity index (χ1) is 8.26. The van der Waals surface area contributed by atoms with Gasteiger partial charge in [0.15, 0.2) is 0 Å². The summed E-state index contributed by atoms with van der Waals surface area (Å²) in [5.41, 5.74) is 0. The monoisotopic (exact) mass is 254 g/mol. The molecule has 92 valence electrons. The number of fused-ring (bicyclic) bond motifs is 1. The second kappa shape index (κ2) is 5.22. The van der Waals surface area contributed by atoms with Crippen LogP contribution in [0.25, 0.3) is 4.96 Å². The van der Waals surface area contributed by atoms with Crippen molar-refractivity contribution in [2.24, 2.45) is 0 Å². The van der Waals surface area contributed by atoms with Gasteiger partial charge in [-0.3, -0.25) is 4.79 Å². The van der Waals surface area contributed by atoms with Crippen LogP contribution in [0.3, 0.4) is 0 Å². The van der Waals surface area contributed by atoms with Crippen molar-refractivity contribution >= 4 is 22.3 Å². The molecule has 2 aromatic heterocycles. The largest absolute Gasteiger partial charge is 0.465 e. The standard InChI is InChI=1S/C10H14N4O2S/c1-3-5-7(9(15)16-4-2)8-13-14-6-11-12-10(14)17-8/h6-7H,3-5H2,1-2H3. The molecule has 2 rings (SSSR count). The molecule has 0 fully saturated rings. The minimum atomic E-state index is -0.286. The van der Waals surface area contributed by atoms with Gasteiger partial charge < -0.3 is 4.74 Å². The lowest BCUT2D eigenvalue weighted by molar-refractivity contribution is -0.145. The minimum Gasteiger partial charge on any atom is -0.465 e. The van der Waals surface area contributed by atoms with Crippen LogP contribution < -0.4 is 0 Å². The van der Waals surface area contributed by atoms with Gasteiger partial charge in [0, 0.05) is 0 Å². The number of aromatic nitrogens is 4. The molecule has 0 aliphatic carbocycles. The maximum atomic E-state index is 11.8. The quantitative estimate of drug-likeness (QED) is 0.758. The Balaban J connectivity index is 2.26. The fraction of sp³-hybridized carbons (Fsp3) is 0.600. The van der Waals surface area contributed by atoms with Crippen LogP contribution in [-0.4, -0.2) is 32.4 Å². The average molecular weight is 254 g/mol. The first-order valence-electron chi connectivity index (χ1n) is 5.59. The Kier molecular flexibility index (Phi) is 3.68. The highest BCUT2D eigenvalue weighted by Gasteiger charge is 2.25. The third-order valence-electron chi connectivity index (χ3n) is 2.35. The number of esters is 1. The molecule has 2 aromatic rings. The molecule has 0 aromatic carbocycles. The molecule has 0 amide bonds. The van der Waals surface area contributed by atoms with E-state index in [2.05, 4.69) is 15.3 Å². The molecule has 0 radical (unpaired) electrons. The molecule has 0 bridgehead atoms. The van der Waals surface area contributed by atoms with Gasteiger partial charge in [-0.25, -0.2) is 0 Å². The molecular weight excluding hydrogens is 240 g/mol. The van der Waals surface area contributed by atoms with E-state index in [1.54, 1.807) is 11.4 Å². The fourth-order valence-corrected chi connectivity index (χ4v) is 2.53. The Labute approximate surface area is 103 Å². The van der Waals surface area contributed by atoms with Crippen LogP contribution in [0.5, 0.6) is 0 Å². The summed E-state index contributed by atoms with van der Waals surface area (Å²) < 4.78 is 6.65. The lowest BCUT2D eigenvalue weighted by Crippen LogP contribution is -2.16. The molecule has 0 spiro atoms. The highest BCUT2D eigenvalue weighted by molar-refractivity contribution is 7.16. The summed E-state index contributed by atoms with van der Waals surface area (Å²) in [7, 11) is 0. The molecule has 0 aliphatic heterocycles. The third-order valence-corrected chi connectivity index (χ3v) is 3.38. The fourth-order valence-electron chi connectivity index (χ4n) is 1.59. The zero-order chi connectivity index (χ0) is 12.3. The number of hydrogen-bond donors (Lipinski definition) is 0. The van der Waals surface area contributed by atoms with E-state index in [0.717, 1.165) is 17.8 Å². The average Bonchev–Trinajstić information content (AvgIpc) is 2.86. The molecule has 1 unspecified atom stereocenters. The Morgan fingerprint density at radius 3 is 3.06 bits per heavy atom. The maximum Gasteiger partial charge on any atom is 0.315 e. The van der Waals surface area contributed by atoms with Gasteiger partial charge in [-0.15, -0.1) is 10.2 Å². The van der Waals surface area contributed by atoms with Crippen molar-refractivity contribution in [1.82, 2.24) is 19.8 Å². The van der Waals surface area contributed by atoms with Crippen molar-refractivity contribution in [3.8, 4) is 0 Å². The molecular formula is C10H14N4O2S. The Bertz CT molecular complexity index is 479. The van der Waals surface area contributed by atoms with E-state index in [0.29, 0.717) is 11.6 Å². The number of rotatable bonds is 5. The predicted octanol–water partition coefficient (Wildman–Crippen LogP) is 1.63. The van der Waals surface area contributed by atoms with E-state index in [-0.39, 0.29) is 11.9 Å². The smallest absolute Gasteiger partial charge is 0.315 e. The third kappa shape index (κ3) is 2.44. The van der Waals surface area contributed by atoms with Crippen LogP contribution in [0.15, 0.2) is 6.33 Å². The number of carbonyl (C=O) groups is 1. The van der Waals surface area contributed by atoms with Crippen LogP contribution in [-0.2, 0) is 9.53 Å². The van der Waals surface area contributed by atoms with Gasteiger partial charge in [0.2, 0.25) is 4.96 Å². The Morgan fingerprint density at radius 1 is 1.59 bits per heavy atom. The first kappa shape index (κ1) is 12.0. The van der Waals surface area contributed by atoms with Crippen molar-refractivity contribution in [2.45, 2.75) is 32.6 Å². The lowest BCUT2D eigenvalue weighted by atomic mass is 10.1. The SMILES string of the molecule is CCCC(C(=O)OCC)c1nn2cnnc2s1. The molecule has 17 heavy (non-hydrogen) atoms. The van der Waals surface area contributed by atoms with Gasteiger partial charge in [0.25, 0.3) is 0 Å². The Morgan fingerprint density at radius 2 is 2.41 bits per heavy atom. The van der Waals surface area contributed by atoms with Gasteiger partial charge in [0.05, 0.1) is 6.61 Å². The molecule has 7 heteroatoms. The summed E-state index contributed by atoms with van der Waals surface area (Å²) >= 11 is 1.38. The molecule has 0 N–H and O–H groups in total. The van der Waals surface area contributed by atoms with Crippen molar-refractivity contribution < 1.29 is 9.53 Å². The van der Waals surface area contributed by atoms with Crippen LogP contribution in [0.2, 0.25) is 0 Å². The van der Waals surface area contributed by atoms with Gasteiger partial charge in [-0.05, 0) is 13.3 Å². The molecule has 2 heterocycles. The van der Waals surface area contributed by atoms with E-state index in [9.17, 15) is 4.79 Å². The van der Waals surface area contributed by atoms with Crippen molar-refractivity contribution in [1.29, 1.82) is 0 Å². The molecule has 6 nitrogen and oxygen atoms in total. The summed E-state index contributed by atoms with van der Waals surface area (Å²) in [6.07, 6.45) is 3.18. The minimum absolute atomic E-state index is 0.209. The first-order valence-corrected chi connectivity index (χ1v) is 6.41. The van der Waals surface area contributed by atoms with Crippen molar-refractivity contribution in [3.05, 3.63) is 11.3 Å². The molecule has 0 saturated heterocycles. The lowest BCUT2D eigenvalue weighted by Gasteiger charge is -2.10. The summed E-state index contributed by atoms with van der Waals surface area (Å²) in [4.78, 5) is 12.5. The molecule has 0 saturated carbocycles. The van der Waals surface area contributed by atoms with Crippen molar-refractivity contribution in [3.63, 3.8) is 0 Å². The number of carbonyl (C=O) groups excluding carboxylic acids is 1. The van der Waals surface area contributed by atoms with Gasteiger partial charge >= 0.3 is 5.97 Å². The summed E-state index contributed by atoms with van der Waals surface area (Å²) in [5, 5.41) is 12.7. The highest BCUT2D eigenvalue weighted by Crippen LogP contribution is 2.26. The topological polar surface area (TPSA) is 69.4 Å². The van der Waals surface area contributed by atoms with Crippen LogP contribution in [0.1, 0.15) is 37.6 Å². The maximum absolute atomic E-state index is 11.8. The Hall–Kier alpha value is -1.50. The van der Waals surface area contributed by atoms with Crippen LogP contribution >= 0.6 is 11.3 Å². The van der Waals surface area contributed by atoms with E-state index >= 15 is 0 Å². The normalized spacial score (nSPS) is 12.8. The van der Waals surface area contributed by atoms with Gasteiger partial charge in [-0.2, -0.15) is 9.61 Å². The van der Waals surface area contributed by atoms with E-state index in [4.69, 9.17) is 4.74 Å². The van der Waals surface area contributed by atoms with Crippen LogP contribution in [0, 0.1) is 0 Å². The summed E-state index contributed by atoms with van der Waals surface area (Å²) in [6.45, 7) is 4.23. The second-order valence-electron chi connectivity index (χ2n) is 3.59. The van der Waals surface area contributed by atoms with Crippen molar-refractivity contribution in [2.75, 3.05) is 6.61 Å². The van der Waals surface area contributed by atoms with E-state index < -0.39 is 0 Å². The summed E-state index contributed by atoms with van der Waals surface area (Å²) in [6, 6.07) is 0. The van der Waals surface area contributed by atoms with Gasteiger partial charge in [-0.1, -0.05) is 24.7 Å². The van der Waals surface area contributed by atoms with E-state index in [1.807, 2.05) is 6.92 Å². The van der Waals surface area contributed by atoms with E-state index in [1.165, 1.54) is 17.7 Å². The molecule has 1 atom stereocenters. The highest BCUT2D eigenvalue weighted by atomic mass is 32.1. The zero-order valence-electron chi connectivity index (χ0n) is 9.79. The summed E-state index contributed by atoms with van der Waals surface area (Å²) in [5.74, 6) is -0.494. The van der Waals surface area contributed by atoms with Crippen LogP contribution in [0.4, 0.5) is 0 Å². The molecule has 0 aliphatic rings. The number of hydrogen-bond acceptors (Lipinski definition) is 6.